The highest BCUT2D eigenvalue weighted by Gasteiger charge is 2.20. The van der Waals surface area contributed by atoms with Gasteiger partial charge in [-0.2, -0.15) is 0 Å². The average Bonchev–Trinajstić information content (AvgIpc) is 2.86. The summed E-state index contributed by atoms with van der Waals surface area (Å²) in [5, 5.41) is 0. The molecule has 5 heteroatoms. The van der Waals surface area contributed by atoms with Gasteiger partial charge < -0.3 is 9.55 Å². The summed E-state index contributed by atoms with van der Waals surface area (Å²) in [7, 11) is 0. The highest BCUT2D eigenvalue weighted by Crippen LogP contribution is 2.33. The second-order valence-corrected chi connectivity index (χ2v) is 5.76. The molecule has 90 valence electrons. The molecule has 1 aromatic heterocycles. The van der Waals surface area contributed by atoms with Crippen LogP contribution in [0.5, 0.6) is 0 Å². The molecule has 0 unspecified atom stereocenters. The van der Waals surface area contributed by atoms with E-state index in [9.17, 15) is 4.39 Å². The van der Waals surface area contributed by atoms with E-state index in [1.165, 1.54) is 12.8 Å². The molecule has 0 spiro atoms. The molecule has 17 heavy (non-hydrogen) atoms. The van der Waals surface area contributed by atoms with Crippen LogP contribution in [-0.2, 0) is 0 Å². The van der Waals surface area contributed by atoms with Gasteiger partial charge in [0.25, 0.3) is 0 Å². The first kappa shape index (κ1) is 11.4. The van der Waals surface area contributed by atoms with Crippen LogP contribution in [0.1, 0.15) is 31.7 Å². The largest absolute Gasteiger partial charge is 0.331 e. The lowest BCUT2D eigenvalue weighted by Gasteiger charge is -2.12. The molecule has 1 heterocycles. The first-order chi connectivity index (χ1) is 8.16. The minimum atomic E-state index is -0.238. The molecule has 0 aliphatic heterocycles. The van der Waals surface area contributed by atoms with Gasteiger partial charge in [0, 0.05) is 12.1 Å². The topological polar surface area (TPSA) is 20.7 Å². The number of imidazole rings is 1. The van der Waals surface area contributed by atoms with Crippen LogP contribution in [0.4, 0.5) is 4.39 Å². The van der Waals surface area contributed by atoms with Crippen LogP contribution >= 0.6 is 28.1 Å². The number of halogens is 2. The van der Waals surface area contributed by atoms with Crippen molar-refractivity contribution in [2.75, 3.05) is 0 Å². The van der Waals surface area contributed by atoms with Crippen LogP contribution in [0, 0.1) is 10.6 Å². The van der Waals surface area contributed by atoms with Crippen molar-refractivity contribution in [3.63, 3.8) is 0 Å². The third-order valence-corrected chi connectivity index (χ3v) is 4.35. The van der Waals surface area contributed by atoms with Crippen LogP contribution in [0.15, 0.2) is 16.6 Å². The number of H-pyrrole nitrogens is 1. The molecule has 2 aromatic rings. The fourth-order valence-corrected chi connectivity index (χ4v) is 3.35. The van der Waals surface area contributed by atoms with Gasteiger partial charge in [0.05, 0.1) is 15.5 Å². The molecule has 1 saturated carbocycles. The number of aromatic amines is 1. The predicted octanol–water partition coefficient (Wildman–Crippen LogP) is 4.72. The Balaban J connectivity index is 2.26. The Morgan fingerprint density at radius 2 is 2.06 bits per heavy atom. The van der Waals surface area contributed by atoms with Crippen molar-refractivity contribution in [2.24, 2.45) is 0 Å². The Bertz CT molecular complexity index is 625. The van der Waals surface area contributed by atoms with E-state index in [0.29, 0.717) is 15.3 Å². The van der Waals surface area contributed by atoms with Gasteiger partial charge in [-0.25, -0.2) is 4.39 Å². The summed E-state index contributed by atoms with van der Waals surface area (Å²) < 4.78 is 16.9. The third-order valence-electron chi connectivity index (χ3n) is 3.45. The van der Waals surface area contributed by atoms with Crippen molar-refractivity contribution in [3.05, 3.63) is 27.2 Å². The number of benzene rings is 1. The minimum Gasteiger partial charge on any atom is -0.331 e. The lowest BCUT2D eigenvalue weighted by Crippen LogP contribution is -2.04. The molecule has 1 aliphatic carbocycles. The normalized spacial score (nSPS) is 17.1. The fraction of sp³-hybridized carbons (Fsp3) is 0.417. The van der Waals surface area contributed by atoms with Crippen molar-refractivity contribution in [3.8, 4) is 0 Å². The van der Waals surface area contributed by atoms with Gasteiger partial charge >= 0.3 is 0 Å². The Morgan fingerprint density at radius 3 is 2.76 bits per heavy atom. The van der Waals surface area contributed by atoms with Gasteiger partial charge in [-0.15, -0.1) is 0 Å². The number of nitrogens with zero attached hydrogens (tertiary/aromatic N) is 1. The highest BCUT2D eigenvalue weighted by molar-refractivity contribution is 9.10. The number of fused-ring (bicyclic) bond motifs is 1. The van der Waals surface area contributed by atoms with E-state index in [1.807, 2.05) is 0 Å². The standard InChI is InChI=1S/C12H12BrFN2S/c13-8-5-10-11(6-9(8)14)16(12(17)15-10)7-3-1-2-4-7/h5-7H,1-4H2,(H,15,17). The van der Waals surface area contributed by atoms with Crippen molar-refractivity contribution < 1.29 is 4.39 Å². The van der Waals surface area contributed by atoms with Crippen molar-refractivity contribution in [1.82, 2.24) is 9.55 Å². The molecule has 0 atom stereocenters. The molecular weight excluding hydrogens is 303 g/mol. The minimum absolute atomic E-state index is 0.238. The maximum Gasteiger partial charge on any atom is 0.178 e. The SMILES string of the molecule is Fc1cc2c(cc1Br)[nH]c(=S)n2C1CCCC1. The molecule has 1 N–H and O–H groups in total. The summed E-state index contributed by atoms with van der Waals surface area (Å²) in [6.45, 7) is 0. The van der Waals surface area contributed by atoms with Gasteiger partial charge in [0.15, 0.2) is 4.77 Å². The third kappa shape index (κ3) is 1.85. The molecule has 0 bridgehead atoms. The Hall–Kier alpha value is -0.680. The lowest BCUT2D eigenvalue weighted by atomic mass is 10.2. The maximum absolute atomic E-state index is 13.6. The van der Waals surface area contributed by atoms with Gasteiger partial charge in [-0.05, 0) is 47.1 Å². The van der Waals surface area contributed by atoms with Gasteiger partial charge in [0.2, 0.25) is 0 Å². The summed E-state index contributed by atoms with van der Waals surface area (Å²) in [4.78, 5) is 3.15. The molecule has 0 saturated heterocycles. The highest BCUT2D eigenvalue weighted by atomic mass is 79.9. The van der Waals surface area contributed by atoms with Crippen LogP contribution in [0.3, 0.4) is 0 Å². The van der Waals surface area contributed by atoms with Gasteiger partial charge in [0.1, 0.15) is 5.82 Å². The van der Waals surface area contributed by atoms with E-state index < -0.39 is 0 Å². The molecule has 1 aromatic carbocycles. The second-order valence-electron chi connectivity index (χ2n) is 4.52. The Morgan fingerprint density at radius 1 is 1.35 bits per heavy atom. The summed E-state index contributed by atoms with van der Waals surface area (Å²) in [6, 6.07) is 3.74. The van der Waals surface area contributed by atoms with E-state index in [0.717, 1.165) is 23.9 Å². The van der Waals surface area contributed by atoms with Gasteiger partial charge in [-0.3, -0.25) is 0 Å². The van der Waals surface area contributed by atoms with Crippen LogP contribution in [0.2, 0.25) is 0 Å². The summed E-state index contributed by atoms with van der Waals surface area (Å²) in [5.74, 6) is -0.238. The van der Waals surface area contributed by atoms with Crippen molar-refractivity contribution in [1.29, 1.82) is 0 Å². The zero-order valence-electron chi connectivity index (χ0n) is 9.17. The quantitative estimate of drug-likeness (QED) is 0.756. The summed E-state index contributed by atoms with van der Waals surface area (Å²) in [6.07, 6.45) is 4.74. The second kappa shape index (κ2) is 4.21. The molecule has 2 nitrogen and oxygen atoms in total. The van der Waals surface area contributed by atoms with E-state index >= 15 is 0 Å². The number of nitrogens with one attached hydrogen (secondary N) is 1. The van der Waals surface area contributed by atoms with Crippen molar-refractivity contribution >= 4 is 39.2 Å². The Labute approximate surface area is 112 Å². The molecule has 3 rings (SSSR count). The molecule has 0 amide bonds. The smallest absolute Gasteiger partial charge is 0.178 e. The number of hydrogen-bond acceptors (Lipinski definition) is 1. The monoisotopic (exact) mass is 314 g/mol. The molecule has 1 aliphatic rings. The zero-order chi connectivity index (χ0) is 12.0. The number of hydrogen-bond donors (Lipinski definition) is 1. The average molecular weight is 315 g/mol. The molecular formula is C12H12BrFN2S. The van der Waals surface area contributed by atoms with E-state index in [1.54, 1.807) is 12.1 Å². The summed E-state index contributed by atoms with van der Waals surface area (Å²) in [5.41, 5.74) is 1.78. The van der Waals surface area contributed by atoms with Crippen molar-refractivity contribution in [2.45, 2.75) is 31.7 Å². The maximum atomic E-state index is 13.6. The zero-order valence-corrected chi connectivity index (χ0v) is 11.6. The van der Waals surface area contributed by atoms with Crippen LogP contribution in [-0.4, -0.2) is 9.55 Å². The van der Waals surface area contributed by atoms with Crippen LogP contribution < -0.4 is 0 Å². The predicted molar refractivity (Wildman–Crippen MR) is 72.3 cm³/mol. The first-order valence-electron chi connectivity index (χ1n) is 5.76. The first-order valence-corrected chi connectivity index (χ1v) is 6.96. The summed E-state index contributed by atoms with van der Waals surface area (Å²) >= 11 is 8.54. The lowest BCUT2D eigenvalue weighted by molar-refractivity contribution is 0.525. The van der Waals surface area contributed by atoms with E-state index in [-0.39, 0.29) is 5.82 Å². The van der Waals surface area contributed by atoms with E-state index in [4.69, 9.17) is 12.2 Å². The molecule has 1 fully saturated rings. The van der Waals surface area contributed by atoms with Crippen LogP contribution in [0.25, 0.3) is 11.0 Å². The number of rotatable bonds is 1. The Kier molecular flexibility index (Phi) is 2.83. The van der Waals surface area contributed by atoms with E-state index in [2.05, 4.69) is 25.5 Å². The van der Waals surface area contributed by atoms with Gasteiger partial charge in [-0.1, -0.05) is 12.8 Å². The number of aromatic nitrogens is 2. The molecule has 0 radical (unpaired) electrons. The fourth-order valence-electron chi connectivity index (χ4n) is 2.65.